The second kappa shape index (κ2) is 8.60. The molecule has 0 saturated heterocycles. The van der Waals surface area contributed by atoms with E-state index in [-0.39, 0.29) is 6.61 Å². The zero-order valence-electron chi connectivity index (χ0n) is 16.3. The molecule has 0 fully saturated rings. The van der Waals surface area contributed by atoms with E-state index in [0.717, 1.165) is 5.56 Å². The number of rotatable bonds is 8. The minimum atomic E-state index is -0.508. The molecule has 2 heterocycles. The Labute approximate surface area is 163 Å². The average molecular weight is 384 g/mol. The van der Waals surface area contributed by atoms with Gasteiger partial charge in [-0.1, -0.05) is 18.7 Å². The Bertz CT molecular complexity index is 903. The number of nitrogens with zero attached hydrogens (tertiary/aromatic N) is 3. The van der Waals surface area contributed by atoms with Gasteiger partial charge in [-0.3, -0.25) is 0 Å². The highest BCUT2D eigenvalue weighted by Crippen LogP contribution is 2.38. The van der Waals surface area contributed by atoms with Crippen molar-refractivity contribution in [3.63, 3.8) is 0 Å². The predicted molar refractivity (Wildman–Crippen MR) is 104 cm³/mol. The molecule has 0 spiro atoms. The Balaban J connectivity index is 2.09. The predicted octanol–water partition coefficient (Wildman–Crippen LogP) is 3.09. The van der Waals surface area contributed by atoms with Crippen LogP contribution in [0.25, 0.3) is 0 Å². The third kappa shape index (κ3) is 3.71. The van der Waals surface area contributed by atoms with Crippen LogP contribution in [-0.2, 0) is 9.53 Å². The van der Waals surface area contributed by atoms with Gasteiger partial charge in [-0.15, -0.1) is 0 Å². The third-order valence-electron chi connectivity index (χ3n) is 4.23. The second-order valence-electron chi connectivity index (χ2n) is 6.05. The van der Waals surface area contributed by atoms with Gasteiger partial charge < -0.3 is 19.5 Å². The lowest BCUT2D eigenvalue weighted by molar-refractivity contribution is -0.138. The Kier molecular flexibility index (Phi) is 5.98. The van der Waals surface area contributed by atoms with Crippen molar-refractivity contribution in [2.75, 3.05) is 25.1 Å². The van der Waals surface area contributed by atoms with Gasteiger partial charge in [0.05, 0.1) is 18.8 Å². The van der Waals surface area contributed by atoms with Gasteiger partial charge in [-0.2, -0.15) is 10.1 Å². The van der Waals surface area contributed by atoms with Crippen molar-refractivity contribution in [3.05, 3.63) is 54.0 Å². The fourth-order valence-electron chi connectivity index (χ4n) is 3.11. The number of hydrogen-bond donors (Lipinski definition) is 1. The lowest BCUT2D eigenvalue weighted by atomic mass is 9.95. The minimum Gasteiger partial charge on any atom is -0.490 e. The maximum absolute atomic E-state index is 12.8. The Morgan fingerprint density at radius 1 is 1.29 bits per heavy atom. The summed E-state index contributed by atoms with van der Waals surface area (Å²) >= 11 is 0. The number of aromatic nitrogens is 3. The van der Waals surface area contributed by atoms with Crippen LogP contribution >= 0.6 is 0 Å². The number of anilines is 1. The van der Waals surface area contributed by atoms with Gasteiger partial charge in [-0.25, -0.2) is 9.48 Å². The largest absolute Gasteiger partial charge is 0.490 e. The van der Waals surface area contributed by atoms with Crippen LogP contribution in [0.1, 0.15) is 32.4 Å². The Morgan fingerprint density at radius 2 is 2.04 bits per heavy atom. The number of carbonyl (C=O) groups is 1. The molecule has 2 aromatic rings. The molecule has 0 aliphatic carbocycles. The number of carbonyl (C=O) groups excluding carboxylic acids is 1. The van der Waals surface area contributed by atoms with Crippen LogP contribution in [0.5, 0.6) is 11.5 Å². The van der Waals surface area contributed by atoms with E-state index in [0.29, 0.717) is 41.9 Å². The van der Waals surface area contributed by atoms with Crippen molar-refractivity contribution in [3.8, 4) is 11.5 Å². The first kappa shape index (κ1) is 19.5. The lowest BCUT2D eigenvalue weighted by Gasteiger charge is -2.28. The number of benzene rings is 1. The molecule has 1 aromatic heterocycles. The molecule has 0 bridgehead atoms. The fourth-order valence-corrected chi connectivity index (χ4v) is 3.11. The first-order chi connectivity index (χ1) is 13.6. The van der Waals surface area contributed by atoms with Crippen LogP contribution < -0.4 is 14.8 Å². The zero-order chi connectivity index (χ0) is 20.1. The van der Waals surface area contributed by atoms with Crippen molar-refractivity contribution < 1.29 is 19.0 Å². The molecule has 1 aromatic carbocycles. The molecule has 1 unspecified atom stereocenters. The van der Waals surface area contributed by atoms with E-state index in [9.17, 15) is 4.79 Å². The van der Waals surface area contributed by atoms with Crippen LogP contribution in [0, 0.1) is 0 Å². The van der Waals surface area contributed by atoms with Crippen LogP contribution in [0.4, 0.5) is 5.95 Å². The number of esters is 1. The molecule has 1 atom stereocenters. The highest BCUT2D eigenvalue weighted by molar-refractivity contribution is 5.92. The normalized spacial score (nSPS) is 15.5. The van der Waals surface area contributed by atoms with E-state index < -0.39 is 12.0 Å². The summed E-state index contributed by atoms with van der Waals surface area (Å²) in [6, 6.07) is 5.09. The molecular weight excluding hydrogens is 360 g/mol. The highest BCUT2D eigenvalue weighted by atomic mass is 16.5. The summed E-state index contributed by atoms with van der Waals surface area (Å²) in [6.45, 7) is 10.4. The van der Waals surface area contributed by atoms with E-state index >= 15 is 0 Å². The maximum atomic E-state index is 12.8. The first-order valence-corrected chi connectivity index (χ1v) is 9.15. The summed E-state index contributed by atoms with van der Waals surface area (Å²) in [7, 11) is 0. The van der Waals surface area contributed by atoms with Crippen molar-refractivity contribution >= 4 is 11.9 Å². The van der Waals surface area contributed by atoms with E-state index in [1.165, 1.54) is 12.4 Å². The molecule has 0 saturated carbocycles. The fraction of sp³-hybridized carbons (Fsp3) is 0.350. The summed E-state index contributed by atoms with van der Waals surface area (Å²) in [4.78, 5) is 17.0. The quantitative estimate of drug-likeness (QED) is 0.553. The molecule has 28 heavy (non-hydrogen) atoms. The standard InChI is InChI=1S/C20H24N4O4/c1-5-10-28-19(25)17-13(4)23-20-21-12-22-24(20)18(17)14-8-9-15(26-6-2)16(11-14)27-7-3/h5,8-9,11-12,18H,1,6-7,10H2,2-4H3,(H,21,22,23). The molecule has 148 valence electrons. The van der Waals surface area contributed by atoms with E-state index in [1.54, 1.807) is 4.68 Å². The van der Waals surface area contributed by atoms with Crippen molar-refractivity contribution in [1.29, 1.82) is 0 Å². The molecule has 3 rings (SSSR count). The summed E-state index contributed by atoms with van der Waals surface area (Å²) in [5, 5.41) is 7.41. The smallest absolute Gasteiger partial charge is 0.338 e. The number of ether oxygens (including phenoxy) is 3. The van der Waals surface area contributed by atoms with Gasteiger partial charge in [-0.05, 0) is 38.5 Å². The monoisotopic (exact) mass is 384 g/mol. The summed E-state index contributed by atoms with van der Waals surface area (Å²) in [6.07, 6.45) is 2.97. The van der Waals surface area contributed by atoms with Crippen molar-refractivity contribution in [1.82, 2.24) is 14.8 Å². The molecule has 1 aliphatic rings. The van der Waals surface area contributed by atoms with Crippen LogP contribution in [-0.4, -0.2) is 40.6 Å². The first-order valence-electron chi connectivity index (χ1n) is 9.15. The SMILES string of the molecule is C=CCOC(=O)C1=C(C)Nc2ncnn2C1c1ccc(OCC)c(OCC)c1. The van der Waals surface area contributed by atoms with Crippen molar-refractivity contribution in [2.45, 2.75) is 26.8 Å². The van der Waals surface area contributed by atoms with Crippen molar-refractivity contribution in [2.24, 2.45) is 0 Å². The van der Waals surface area contributed by atoms with E-state index in [4.69, 9.17) is 14.2 Å². The maximum Gasteiger partial charge on any atom is 0.338 e. The average Bonchev–Trinajstić information content (AvgIpc) is 3.14. The zero-order valence-corrected chi connectivity index (χ0v) is 16.3. The molecular formula is C20H24N4O4. The lowest BCUT2D eigenvalue weighted by Crippen LogP contribution is -2.29. The minimum absolute atomic E-state index is 0.125. The Hall–Kier alpha value is -3.29. The second-order valence-corrected chi connectivity index (χ2v) is 6.05. The van der Waals surface area contributed by atoms with Gasteiger partial charge in [0.15, 0.2) is 11.5 Å². The van der Waals surface area contributed by atoms with E-state index in [1.807, 2.05) is 39.0 Å². The van der Waals surface area contributed by atoms with Crippen LogP contribution in [0.3, 0.4) is 0 Å². The summed E-state index contributed by atoms with van der Waals surface area (Å²) in [5.41, 5.74) is 1.92. The van der Waals surface area contributed by atoms with Gasteiger partial charge in [0.25, 0.3) is 0 Å². The molecule has 8 nitrogen and oxygen atoms in total. The van der Waals surface area contributed by atoms with Gasteiger partial charge in [0.1, 0.15) is 19.0 Å². The van der Waals surface area contributed by atoms with Crippen LogP contribution in [0.15, 0.2) is 48.5 Å². The molecule has 0 amide bonds. The van der Waals surface area contributed by atoms with Gasteiger partial charge in [0.2, 0.25) is 5.95 Å². The number of hydrogen-bond acceptors (Lipinski definition) is 7. The number of nitrogens with one attached hydrogen (secondary N) is 1. The molecule has 0 radical (unpaired) electrons. The summed E-state index contributed by atoms with van der Waals surface area (Å²) in [5.74, 6) is 1.37. The number of allylic oxidation sites excluding steroid dienone is 1. The number of fused-ring (bicyclic) bond motifs is 1. The molecule has 8 heteroatoms. The Morgan fingerprint density at radius 3 is 2.75 bits per heavy atom. The van der Waals surface area contributed by atoms with E-state index in [2.05, 4.69) is 22.0 Å². The van der Waals surface area contributed by atoms with Crippen LogP contribution in [0.2, 0.25) is 0 Å². The van der Waals surface area contributed by atoms with Gasteiger partial charge >= 0.3 is 5.97 Å². The molecule has 1 N–H and O–H groups in total. The summed E-state index contributed by atoms with van der Waals surface area (Å²) < 4.78 is 18.4. The van der Waals surface area contributed by atoms with Gasteiger partial charge in [0, 0.05) is 5.70 Å². The molecule has 1 aliphatic heterocycles. The highest BCUT2D eigenvalue weighted by Gasteiger charge is 2.34. The third-order valence-corrected chi connectivity index (χ3v) is 4.23. The topological polar surface area (TPSA) is 87.5 Å².